The largest absolute Gasteiger partial charge is 0.272 e. The van der Waals surface area contributed by atoms with E-state index in [2.05, 4.69) is 0 Å². The first-order valence-corrected chi connectivity index (χ1v) is 8.62. The maximum atomic E-state index is 12.4. The van der Waals surface area contributed by atoms with E-state index in [4.69, 9.17) is 11.8 Å². The van der Waals surface area contributed by atoms with Crippen LogP contribution in [-0.4, -0.2) is 29.7 Å². The maximum absolute atomic E-state index is 12.4. The van der Waals surface area contributed by atoms with Gasteiger partial charge in [0.1, 0.15) is 0 Å². The second kappa shape index (κ2) is 5.67. The van der Waals surface area contributed by atoms with Gasteiger partial charge in [-0.05, 0) is 18.9 Å². The topological polar surface area (TPSA) is 54.5 Å². The summed E-state index contributed by atoms with van der Waals surface area (Å²) in [6, 6.07) is 0. The van der Waals surface area contributed by atoms with E-state index in [0.717, 1.165) is 17.3 Å². The van der Waals surface area contributed by atoms with E-state index in [1.165, 1.54) is 0 Å². The third-order valence-corrected chi connectivity index (χ3v) is 6.14. The Balaban J connectivity index is 2.22. The Kier molecular flexibility index (Phi) is 4.36. The van der Waals surface area contributed by atoms with Crippen LogP contribution in [0.3, 0.4) is 0 Å². The van der Waals surface area contributed by atoms with Gasteiger partial charge in [-0.15, -0.1) is 0 Å². The van der Waals surface area contributed by atoms with Crippen LogP contribution in [-0.2, 0) is 14.6 Å². The minimum atomic E-state index is -3.44. The van der Waals surface area contributed by atoms with Crippen molar-refractivity contribution in [3.63, 3.8) is 0 Å². The lowest BCUT2D eigenvalue weighted by Gasteiger charge is -2.18. The molecule has 1 heterocycles. The van der Waals surface area contributed by atoms with Crippen LogP contribution in [0.15, 0.2) is 23.9 Å². The zero-order chi connectivity index (χ0) is 14.0. The molecule has 2 atom stereocenters. The van der Waals surface area contributed by atoms with Crippen molar-refractivity contribution >= 4 is 27.5 Å². The van der Waals surface area contributed by atoms with Crippen molar-refractivity contribution in [1.82, 2.24) is 4.42 Å². The predicted molar refractivity (Wildman–Crippen MR) is 75.1 cm³/mol. The first-order chi connectivity index (χ1) is 8.99. The minimum absolute atomic E-state index is 0.0650. The normalized spacial score (nSPS) is 26.5. The van der Waals surface area contributed by atoms with Crippen molar-refractivity contribution in [3.05, 3.63) is 23.9 Å². The molecule has 1 saturated heterocycles. The van der Waals surface area contributed by atoms with Gasteiger partial charge in [-0.1, -0.05) is 31.9 Å². The summed E-state index contributed by atoms with van der Waals surface area (Å²) < 4.78 is 25.7. The number of carbonyl (C=O) groups excluding carboxylic acids is 1. The standard InChI is InChI=1S/C13H18ClNO3S/c1-2-3-6-9-19(17,18)12-10-7-4-5-8-11(10)15(14)13(12)16/h4-5,8,10,12H,2-3,6-7,9H2,1H3. The van der Waals surface area contributed by atoms with Crippen molar-refractivity contribution in [1.29, 1.82) is 0 Å². The van der Waals surface area contributed by atoms with E-state index in [0.29, 0.717) is 18.5 Å². The van der Waals surface area contributed by atoms with Gasteiger partial charge in [0.25, 0.3) is 5.91 Å². The molecule has 2 aliphatic rings. The van der Waals surface area contributed by atoms with Crippen molar-refractivity contribution in [2.75, 3.05) is 5.75 Å². The highest BCUT2D eigenvalue weighted by Crippen LogP contribution is 2.39. The number of nitrogens with zero attached hydrogens (tertiary/aromatic N) is 1. The van der Waals surface area contributed by atoms with Gasteiger partial charge >= 0.3 is 0 Å². The van der Waals surface area contributed by atoms with Crippen molar-refractivity contribution in [2.45, 2.75) is 37.9 Å². The van der Waals surface area contributed by atoms with E-state index < -0.39 is 21.0 Å². The van der Waals surface area contributed by atoms with Crippen LogP contribution < -0.4 is 0 Å². The molecule has 1 fully saturated rings. The number of hydrogen-bond donors (Lipinski definition) is 0. The second-order valence-corrected chi connectivity index (χ2v) is 7.56. The van der Waals surface area contributed by atoms with E-state index in [9.17, 15) is 13.2 Å². The number of sulfone groups is 1. The summed E-state index contributed by atoms with van der Waals surface area (Å²) in [6.07, 6.45) is 8.38. The van der Waals surface area contributed by atoms with Crippen LogP contribution in [0.25, 0.3) is 0 Å². The number of allylic oxidation sites excluding steroid dienone is 4. The van der Waals surface area contributed by atoms with Gasteiger partial charge in [0.05, 0.1) is 5.75 Å². The van der Waals surface area contributed by atoms with E-state index in [1.54, 1.807) is 12.2 Å². The lowest BCUT2D eigenvalue weighted by molar-refractivity contribution is -0.123. The first-order valence-electron chi connectivity index (χ1n) is 6.57. The average molecular weight is 304 g/mol. The molecular weight excluding hydrogens is 286 g/mol. The van der Waals surface area contributed by atoms with Gasteiger partial charge in [0.15, 0.2) is 15.1 Å². The van der Waals surface area contributed by atoms with Gasteiger partial charge in [-0.3, -0.25) is 4.79 Å². The summed E-state index contributed by atoms with van der Waals surface area (Å²) in [5.41, 5.74) is 0.609. The van der Waals surface area contributed by atoms with Gasteiger partial charge in [0, 0.05) is 23.4 Å². The average Bonchev–Trinajstić information content (AvgIpc) is 2.63. The Morgan fingerprint density at radius 1 is 1.42 bits per heavy atom. The molecule has 0 radical (unpaired) electrons. The Morgan fingerprint density at radius 2 is 2.16 bits per heavy atom. The molecule has 106 valence electrons. The number of hydrogen-bond acceptors (Lipinski definition) is 3. The van der Waals surface area contributed by atoms with Gasteiger partial charge in [0.2, 0.25) is 0 Å². The number of unbranched alkanes of at least 4 members (excludes halogenated alkanes) is 2. The Hall–Kier alpha value is -0.810. The maximum Gasteiger partial charge on any atom is 0.260 e. The number of halogens is 1. The van der Waals surface area contributed by atoms with Crippen LogP contribution in [0.2, 0.25) is 0 Å². The molecule has 19 heavy (non-hydrogen) atoms. The van der Waals surface area contributed by atoms with Crippen LogP contribution in [0.4, 0.5) is 0 Å². The molecule has 2 unspecified atom stereocenters. The molecule has 1 aliphatic carbocycles. The number of fused-ring (bicyclic) bond motifs is 1. The highest BCUT2D eigenvalue weighted by Gasteiger charge is 2.50. The van der Waals surface area contributed by atoms with E-state index in [-0.39, 0.29) is 11.7 Å². The third kappa shape index (κ3) is 2.72. The number of rotatable bonds is 5. The van der Waals surface area contributed by atoms with Crippen molar-refractivity contribution < 1.29 is 13.2 Å². The highest BCUT2D eigenvalue weighted by atomic mass is 35.5. The Morgan fingerprint density at radius 3 is 2.84 bits per heavy atom. The highest BCUT2D eigenvalue weighted by molar-refractivity contribution is 7.92. The molecule has 0 aromatic heterocycles. The molecule has 1 aliphatic heterocycles. The fourth-order valence-electron chi connectivity index (χ4n) is 2.62. The zero-order valence-electron chi connectivity index (χ0n) is 10.9. The molecule has 0 spiro atoms. The number of carbonyl (C=O) groups is 1. The second-order valence-electron chi connectivity index (χ2n) is 4.98. The molecule has 0 N–H and O–H groups in total. The zero-order valence-corrected chi connectivity index (χ0v) is 12.5. The summed E-state index contributed by atoms with van der Waals surface area (Å²) in [5, 5.41) is -1.00. The fraction of sp³-hybridized carbons (Fsp3) is 0.615. The molecular formula is C13H18ClNO3S. The molecule has 2 rings (SSSR count). The summed E-state index contributed by atoms with van der Waals surface area (Å²) in [4.78, 5) is 12.1. The molecule has 0 bridgehead atoms. The Labute approximate surface area is 119 Å². The van der Waals surface area contributed by atoms with Gasteiger partial charge in [-0.2, -0.15) is 0 Å². The van der Waals surface area contributed by atoms with Crippen LogP contribution in [0, 0.1) is 5.92 Å². The molecule has 6 heteroatoms. The van der Waals surface area contributed by atoms with Crippen LogP contribution >= 0.6 is 11.8 Å². The van der Waals surface area contributed by atoms with Gasteiger partial charge < -0.3 is 0 Å². The fourth-order valence-corrected chi connectivity index (χ4v) is 4.99. The van der Waals surface area contributed by atoms with Gasteiger partial charge in [-0.25, -0.2) is 12.8 Å². The molecule has 0 aromatic carbocycles. The molecule has 1 amide bonds. The molecule has 0 aromatic rings. The summed E-state index contributed by atoms with van der Waals surface area (Å²) in [6.45, 7) is 2.01. The molecule has 4 nitrogen and oxygen atoms in total. The summed E-state index contributed by atoms with van der Waals surface area (Å²) in [5.74, 6) is -0.755. The van der Waals surface area contributed by atoms with Crippen molar-refractivity contribution in [2.24, 2.45) is 5.92 Å². The van der Waals surface area contributed by atoms with Crippen LogP contribution in [0.1, 0.15) is 32.6 Å². The molecule has 0 saturated carbocycles. The Bertz CT molecular complexity index is 524. The SMILES string of the molecule is CCCCCS(=O)(=O)C1C(=O)N(Cl)C2=CC=CCC21. The predicted octanol–water partition coefficient (Wildman–Crippen LogP) is 2.42. The minimum Gasteiger partial charge on any atom is -0.272 e. The van der Waals surface area contributed by atoms with Crippen molar-refractivity contribution in [3.8, 4) is 0 Å². The van der Waals surface area contributed by atoms with Crippen LogP contribution in [0.5, 0.6) is 0 Å². The lowest BCUT2D eigenvalue weighted by Crippen LogP contribution is -2.35. The summed E-state index contributed by atoms with van der Waals surface area (Å²) >= 11 is 5.92. The first kappa shape index (κ1) is 14.6. The van der Waals surface area contributed by atoms with E-state index in [1.807, 2.05) is 13.0 Å². The lowest BCUT2D eigenvalue weighted by atomic mass is 9.97. The quantitative estimate of drug-likeness (QED) is 0.579. The van der Waals surface area contributed by atoms with E-state index >= 15 is 0 Å². The monoisotopic (exact) mass is 303 g/mol. The number of amides is 1. The smallest absolute Gasteiger partial charge is 0.260 e. The third-order valence-electron chi connectivity index (χ3n) is 3.62. The summed E-state index contributed by atoms with van der Waals surface area (Å²) in [7, 11) is -3.44.